The molecule has 2 saturated carbocycles. The summed E-state index contributed by atoms with van der Waals surface area (Å²) < 4.78 is 14.1. The Morgan fingerprint density at radius 1 is 0.586 bits per heavy atom. The minimum absolute atomic E-state index is 0.315. The molecule has 0 N–H and O–H groups in total. The maximum atomic E-state index is 6.55. The lowest BCUT2D eigenvalue weighted by Crippen LogP contribution is -2.16. The summed E-state index contributed by atoms with van der Waals surface area (Å²) >= 11 is 3.84. The van der Waals surface area contributed by atoms with Gasteiger partial charge in [0.15, 0.2) is 0 Å². The van der Waals surface area contributed by atoms with Gasteiger partial charge in [-0.2, -0.15) is 0 Å². The number of halogens is 1. The molecule has 29 heavy (non-hydrogen) atoms. The van der Waals surface area contributed by atoms with Gasteiger partial charge in [-0.05, 0) is 79.4 Å². The van der Waals surface area contributed by atoms with Crippen molar-refractivity contribution >= 4 is 15.9 Å². The van der Waals surface area contributed by atoms with E-state index in [0.717, 1.165) is 41.7 Å². The summed E-state index contributed by atoms with van der Waals surface area (Å²) in [4.78, 5) is 0. The van der Waals surface area contributed by atoms with E-state index in [0.29, 0.717) is 12.2 Å². The van der Waals surface area contributed by atoms with Crippen LogP contribution in [0.1, 0.15) is 103 Å². The lowest BCUT2D eigenvalue weighted by atomic mass is 10.1. The fourth-order valence-corrected chi connectivity index (χ4v) is 5.04. The molecule has 0 heterocycles. The van der Waals surface area contributed by atoms with Crippen LogP contribution in [0.5, 0.6) is 0 Å². The van der Waals surface area contributed by atoms with E-state index in [1.54, 1.807) is 0 Å². The van der Waals surface area contributed by atoms with Crippen LogP contribution >= 0.6 is 15.9 Å². The zero-order valence-electron chi connectivity index (χ0n) is 18.0. The molecule has 0 aromatic carbocycles. The first kappa shape index (κ1) is 22.7. The van der Waals surface area contributed by atoms with Crippen molar-refractivity contribution in [1.82, 2.24) is 0 Å². The molecule has 0 spiro atoms. The van der Waals surface area contributed by atoms with Gasteiger partial charge >= 0.3 is 0 Å². The molecular formula is C26H39BrO2. The second-order valence-corrected chi connectivity index (χ2v) is 9.62. The Hall–Kier alpha value is -0.960. The molecule has 0 amide bonds. The van der Waals surface area contributed by atoms with Gasteiger partial charge in [0.05, 0.1) is 12.2 Å². The van der Waals surface area contributed by atoms with Gasteiger partial charge in [-0.15, -0.1) is 0 Å². The third kappa shape index (κ3) is 8.36. The summed E-state index contributed by atoms with van der Waals surface area (Å²) in [5, 5.41) is 0. The third-order valence-corrected chi connectivity index (χ3v) is 7.12. The zero-order chi connectivity index (χ0) is 20.2. The molecule has 3 heteroatoms. The second kappa shape index (κ2) is 13.4. The Kier molecular flexibility index (Phi) is 10.5. The van der Waals surface area contributed by atoms with Gasteiger partial charge in [0.1, 0.15) is 16.0 Å². The van der Waals surface area contributed by atoms with Crippen molar-refractivity contribution in [2.75, 3.05) is 0 Å². The van der Waals surface area contributed by atoms with Crippen LogP contribution in [-0.2, 0) is 9.47 Å². The first-order chi connectivity index (χ1) is 14.3. The molecular weight excluding hydrogens is 424 g/mol. The second-order valence-electron chi connectivity index (χ2n) is 8.83. The van der Waals surface area contributed by atoms with Crippen LogP contribution < -0.4 is 0 Å². The van der Waals surface area contributed by atoms with Gasteiger partial charge in [-0.25, -0.2) is 0 Å². The highest BCUT2D eigenvalue weighted by atomic mass is 79.9. The van der Waals surface area contributed by atoms with Crippen molar-refractivity contribution in [3.8, 4) is 0 Å². The van der Waals surface area contributed by atoms with Crippen LogP contribution in [0.4, 0.5) is 0 Å². The normalized spacial score (nSPS) is 26.3. The van der Waals surface area contributed by atoms with E-state index >= 15 is 0 Å². The Morgan fingerprint density at radius 3 is 1.62 bits per heavy atom. The summed E-state index contributed by atoms with van der Waals surface area (Å²) in [5.74, 6) is 1.85. The van der Waals surface area contributed by atoms with Crippen LogP contribution in [0.25, 0.3) is 0 Å². The molecule has 2 fully saturated rings. The smallest absolute Gasteiger partial charge is 0.137 e. The standard InChI is InChI=1S/C26H39BrO2/c27-26-24(28-22-16-10-5-1-2-6-11-17-22)20-14-9-15-21-25(26)29-23-18-12-7-3-4-8-13-19-23/h9,14-15,20-23H,1-8,10-13,16-19H2/b14-9-,15-9?,20-14?,21-15-,24-20?,25-21?,26-24?,26-25?. The minimum Gasteiger partial charge on any atom is -0.489 e. The maximum absolute atomic E-state index is 6.55. The van der Waals surface area contributed by atoms with E-state index in [2.05, 4.69) is 46.3 Å². The first-order valence-electron chi connectivity index (χ1n) is 12.1. The van der Waals surface area contributed by atoms with E-state index < -0.39 is 0 Å². The predicted octanol–water partition coefficient (Wildman–Crippen LogP) is 8.64. The first-order valence-corrected chi connectivity index (χ1v) is 12.9. The molecule has 162 valence electrons. The van der Waals surface area contributed by atoms with Gasteiger partial charge in [0, 0.05) is 0 Å². The van der Waals surface area contributed by atoms with Crippen molar-refractivity contribution in [2.24, 2.45) is 0 Å². The van der Waals surface area contributed by atoms with Crippen molar-refractivity contribution in [2.45, 2.75) is 115 Å². The highest BCUT2D eigenvalue weighted by molar-refractivity contribution is 9.12. The van der Waals surface area contributed by atoms with Crippen LogP contribution in [0, 0.1) is 0 Å². The largest absolute Gasteiger partial charge is 0.489 e. The van der Waals surface area contributed by atoms with E-state index in [1.807, 2.05) is 0 Å². The van der Waals surface area contributed by atoms with Crippen LogP contribution in [-0.4, -0.2) is 12.2 Å². The highest BCUT2D eigenvalue weighted by Gasteiger charge is 2.20. The molecule has 3 rings (SSSR count). The molecule has 3 aliphatic rings. The van der Waals surface area contributed by atoms with E-state index in [-0.39, 0.29) is 0 Å². The summed E-state index contributed by atoms with van der Waals surface area (Å²) in [5.41, 5.74) is 0. The predicted molar refractivity (Wildman–Crippen MR) is 126 cm³/mol. The summed E-state index contributed by atoms with van der Waals surface area (Å²) in [7, 11) is 0. The van der Waals surface area contributed by atoms with Gasteiger partial charge < -0.3 is 9.47 Å². The van der Waals surface area contributed by atoms with E-state index in [9.17, 15) is 0 Å². The molecule has 0 atom stereocenters. The Balaban J connectivity index is 1.68. The Bertz CT molecular complexity index is 582. The van der Waals surface area contributed by atoms with Gasteiger partial charge in [0.2, 0.25) is 0 Å². The molecule has 0 unspecified atom stereocenters. The summed E-state index contributed by atoms with van der Waals surface area (Å²) in [6, 6.07) is 0. The molecule has 0 aromatic heterocycles. The molecule has 0 aliphatic heterocycles. The van der Waals surface area contributed by atoms with Gasteiger partial charge in [-0.1, -0.05) is 69.6 Å². The van der Waals surface area contributed by atoms with Crippen molar-refractivity contribution in [1.29, 1.82) is 0 Å². The van der Waals surface area contributed by atoms with E-state index in [4.69, 9.17) is 9.47 Å². The number of hydrogen-bond donors (Lipinski definition) is 0. The van der Waals surface area contributed by atoms with Crippen LogP contribution in [0.15, 0.2) is 46.4 Å². The minimum atomic E-state index is 0.315. The van der Waals surface area contributed by atoms with Gasteiger partial charge in [-0.3, -0.25) is 0 Å². The van der Waals surface area contributed by atoms with E-state index in [1.165, 1.54) is 77.0 Å². The average molecular weight is 464 g/mol. The van der Waals surface area contributed by atoms with Crippen molar-refractivity contribution in [3.05, 3.63) is 46.4 Å². The molecule has 0 saturated heterocycles. The lowest BCUT2D eigenvalue weighted by molar-refractivity contribution is 0.0918. The monoisotopic (exact) mass is 462 g/mol. The number of hydrogen-bond acceptors (Lipinski definition) is 2. The maximum Gasteiger partial charge on any atom is 0.137 e. The third-order valence-electron chi connectivity index (χ3n) is 6.34. The Morgan fingerprint density at radius 2 is 1.07 bits per heavy atom. The summed E-state index contributed by atoms with van der Waals surface area (Å²) in [6.45, 7) is 0. The fourth-order valence-electron chi connectivity index (χ4n) is 4.59. The number of ether oxygens (including phenoxy) is 2. The van der Waals surface area contributed by atoms with Crippen LogP contribution in [0.2, 0.25) is 0 Å². The molecule has 0 radical (unpaired) electrons. The molecule has 0 bridgehead atoms. The van der Waals surface area contributed by atoms with Crippen LogP contribution in [0.3, 0.4) is 0 Å². The molecule has 2 nitrogen and oxygen atoms in total. The SMILES string of the molecule is BrC1=C(OC2CCCCCCCC2)/C=C\C=C/C=C1OC1CCCCCCCC1. The zero-order valence-corrected chi connectivity index (χ0v) is 19.6. The number of allylic oxidation sites excluding steroid dienone is 6. The lowest BCUT2D eigenvalue weighted by Gasteiger charge is -2.24. The van der Waals surface area contributed by atoms with Gasteiger partial charge in [0.25, 0.3) is 0 Å². The molecule has 3 aliphatic carbocycles. The van der Waals surface area contributed by atoms with Crippen molar-refractivity contribution < 1.29 is 9.47 Å². The highest BCUT2D eigenvalue weighted by Crippen LogP contribution is 2.32. The fraction of sp³-hybridized carbons (Fsp3) is 0.692. The average Bonchev–Trinajstić information content (AvgIpc) is 2.93. The number of rotatable bonds is 4. The van der Waals surface area contributed by atoms with Crippen molar-refractivity contribution in [3.63, 3.8) is 0 Å². The quantitative estimate of drug-likeness (QED) is 0.415. The Labute approximate surface area is 186 Å². The molecule has 0 aromatic rings. The summed E-state index contributed by atoms with van der Waals surface area (Å²) in [6.07, 6.45) is 31.7. The topological polar surface area (TPSA) is 18.5 Å².